The van der Waals surface area contributed by atoms with E-state index in [1.54, 1.807) is 24.5 Å². The van der Waals surface area contributed by atoms with Crippen LogP contribution in [0.4, 0.5) is 0 Å². The summed E-state index contributed by atoms with van der Waals surface area (Å²) in [5, 5.41) is 2.95. The summed E-state index contributed by atoms with van der Waals surface area (Å²) in [5.41, 5.74) is 3.64. The number of aromatic nitrogens is 3. The molecule has 0 unspecified atom stereocenters. The molecule has 2 aromatic heterocycles. The minimum absolute atomic E-state index is 0.172. The molecule has 0 radical (unpaired) electrons. The summed E-state index contributed by atoms with van der Waals surface area (Å²) in [7, 11) is 0. The SMILES string of the molecule is CC(C)c1ccccc1OCCn1c(CNC(=O)c2cccnc2)nc2ccccc21. The highest BCUT2D eigenvalue weighted by Gasteiger charge is 2.13. The maximum Gasteiger partial charge on any atom is 0.253 e. The second-order valence-corrected chi connectivity index (χ2v) is 7.63. The van der Waals surface area contributed by atoms with Crippen molar-refractivity contribution in [2.24, 2.45) is 0 Å². The average molecular weight is 415 g/mol. The number of pyridine rings is 1. The molecule has 4 aromatic rings. The molecule has 0 saturated heterocycles. The van der Waals surface area contributed by atoms with Crippen molar-refractivity contribution >= 4 is 16.9 Å². The van der Waals surface area contributed by atoms with Crippen LogP contribution in [0.3, 0.4) is 0 Å². The van der Waals surface area contributed by atoms with E-state index in [9.17, 15) is 4.79 Å². The monoisotopic (exact) mass is 414 g/mol. The lowest BCUT2D eigenvalue weighted by Crippen LogP contribution is -2.25. The first-order valence-corrected chi connectivity index (χ1v) is 10.5. The molecule has 0 saturated carbocycles. The second kappa shape index (κ2) is 9.43. The van der Waals surface area contributed by atoms with Crippen LogP contribution in [0, 0.1) is 0 Å². The van der Waals surface area contributed by atoms with E-state index in [1.807, 2.05) is 42.5 Å². The van der Waals surface area contributed by atoms with Crippen molar-refractivity contribution in [2.45, 2.75) is 32.9 Å². The molecule has 2 aromatic carbocycles. The topological polar surface area (TPSA) is 69.0 Å². The van der Waals surface area contributed by atoms with Crippen LogP contribution in [0.2, 0.25) is 0 Å². The predicted octanol–water partition coefficient (Wildman–Crippen LogP) is 4.56. The molecule has 1 amide bonds. The van der Waals surface area contributed by atoms with Gasteiger partial charge in [0, 0.05) is 12.4 Å². The van der Waals surface area contributed by atoms with Crippen molar-refractivity contribution in [3.63, 3.8) is 0 Å². The Morgan fingerprint density at radius 3 is 2.68 bits per heavy atom. The van der Waals surface area contributed by atoms with Crippen LogP contribution in [0.15, 0.2) is 73.1 Å². The van der Waals surface area contributed by atoms with Gasteiger partial charge >= 0.3 is 0 Å². The molecule has 2 heterocycles. The van der Waals surface area contributed by atoms with Gasteiger partial charge in [0.2, 0.25) is 0 Å². The molecular formula is C25H26N4O2. The van der Waals surface area contributed by atoms with Crippen LogP contribution < -0.4 is 10.1 Å². The van der Waals surface area contributed by atoms with Gasteiger partial charge < -0.3 is 14.6 Å². The third-order valence-corrected chi connectivity index (χ3v) is 5.18. The van der Waals surface area contributed by atoms with Gasteiger partial charge in [0.05, 0.1) is 29.7 Å². The smallest absolute Gasteiger partial charge is 0.253 e. The van der Waals surface area contributed by atoms with Gasteiger partial charge in [-0.15, -0.1) is 0 Å². The normalized spacial score (nSPS) is 11.1. The molecule has 1 N–H and O–H groups in total. The highest BCUT2D eigenvalue weighted by Crippen LogP contribution is 2.26. The van der Waals surface area contributed by atoms with Crippen molar-refractivity contribution in [3.8, 4) is 5.75 Å². The van der Waals surface area contributed by atoms with Crippen molar-refractivity contribution in [1.82, 2.24) is 19.9 Å². The summed E-state index contributed by atoms with van der Waals surface area (Å²) in [6.07, 6.45) is 3.20. The Balaban J connectivity index is 1.50. The van der Waals surface area contributed by atoms with Crippen molar-refractivity contribution in [3.05, 3.63) is 90.0 Å². The average Bonchev–Trinajstić information content (AvgIpc) is 3.16. The number of hydrogen-bond acceptors (Lipinski definition) is 4. The second-order valence-electron chi connectivity index (χ2n) is 7.63. The van der Waals surface area contributed by atoms with Gasteiger partial charge in [-0.25, -0.2) is 4.98 Å². The Bertz CT molecular complexity index is 1170. The standard InChI is InChI=1S/C25H26N4O2/c1-18(2)20-9-3-6-12-23(20)31-15-14-29-22-11-5-4-10-21(22)28-24(29)17-27-25(30)19-8-7-13-26-16-19/h3-13,16,18H,14-15,17H2,1-2H3,(H,27,30). The summed E-state index contributed by atoms with van der Waals surface area (Å²) in [5.74, 6) is 1.92. The van der Waals surface area contributed by atoms with Crippen molar-refractivity contribution in [2.75, 3.05) is 6.61 Å². The maximum absolute atomic E-state index is 12.4. The van der Waals surface area contributed by atoms with Crippen LogP contribution in [0.1, 0.15) is 41.5 Å². The molecule has 0 atom stereocenters. The van der Waals surface area contributed by atoms with E-state index >= 15 is 0 Å². The minimum atomic E-state index is -0.172. The minimum Gasteiger partial charge on any atom is -0.491 e. The number of carbonyl (C=O) groups excluding carboxylic acids is 1. The number of benzene rings is 2. The molecule has 0 fully saturated rings. The summed E-state index contributed by atoms with van der Waals surface area (Å²) in [6, 6.07) is 19.6. The number of nitrogens with zero attached hydrogens (tertiary/aromatic N) is 3. The first-order chi connectivity index (χ1) is 15.1. The number of para-hydroxylation sites is 3. The molecule has 0 aliphatic rings. The van der Waals surface area contributed by atoms with E-state index < -0.39 is 0 Å². The molecule has 158 valence electrons. The highest BCUT2D eigenvalue weighted by atomic mass is 16.5. The summed E-state index contributed by atoms with van der Waals surface area (Å²) >= 11 is 0. The maximum atomic E-state index is 12.4. The van der Waals surface area contributed by atoms with E-state index in [-0.39, 0.29) is 5.91 Å². The zero-order valence-electron chi connectivity index (χ0n) is 17.8. The van der Waals surface area contributed by atoms with Crippen LogP contribution in [-0.4, -0.2) is 27.0 Å². The van der Waals surface area contributed by atoms with Gasteiger partial charge in [0.1, 0.15) is 18.2 Å². The highest BCUT2D eigenvalue weighted by molar-refractivity contribution is 5.93. The zero-order valence-corrected chi connectivity index (χ0v) is 17.8. The largest absolute Gasteiger partial charge is 0.491 e. The van der Waals surface area contributed by atoms with E-state index in [0.717, 1.165) is 22.6 Å². The number of nitrogens with one attached hydrogen (secondary N) is 1. The first kappa shape index (κ1) is 20.6. The Hall–Kier alpha value is -3.67. The number of amides is 1. The zero-order chi connectivity index (χ0) is 21.6. The molecule has 0 aliphatic carbocycles. The first-order valence-electron chi connectivity index (χ1n) is 10.5. The van der Waals surface area contributed by atoms with Gasteiger partial charge in [-0.3, -0.25) is 9.78 Å². The Labute approximate surface area is 181 Å². The fraction of sp³-hybridized carbons (Fsp3) is 0.240. The van der Waals surface area contributed by atoms with Gasteiger partial charge in [0.15, 0.2) is 0 Å². The molecule has 0 aliphatic heterocycles. The number of rotatable bonds is 8. The lowest BCUT2D eigenvalue weighted by molar-refractivity contribution is 0.0949. The van der Waals surface area contributed by atoms with E-state index in [0.29, 0.717) is 31.2 Å². The number of hydrogen-bond donors (Lipinski definition) is 1. The number of ether oxygens (including phenoxy) is 1. The Kier molecular flexibility index (Phi) is 6.26. The van der Waals surface area contributed by atoms with Gasteiger partial charge in [-0.05, 0) is 41.8 Å². The molecule has 31 heavy (non-hydrogen) atoms. The fourth-order valence-electron chi connectivity index (χ4n) is 3.60. The summed E-state index contributed by atoms with van der Waals surface area (Å²) in [6.45, 7) is 5.78. The van der Waals surface area contributed by atoms with Gasteiger partial charge in [-0.2, -0.15) is 0 Å². The van der Waals surface area contributed by atoms with Crippen LogP contribution >= 0.6 is 0 Å². The number of imidazole rings is 1. The van der Waals surface area contributed by atoms with Crippen LogP contribution in [-0.2, 0) is 13.1 Å². The molecule has 6 heteroatoms. The third-order valence-electron chi connectivity index (χ3n) is 5.18. The van der Waals surface area contributed by atoms with Crippen molar-refractivity contribution in [1.29, 1.82) is 0 Å². The Morgan fingerprint density at radius 2 is 1.87 bits per heavy atom. The van der Waals surface area contributed by atoms with Crippen LogP contribution in [0.25, 0.3) is 11.0 Å². The summed E-state index contributed by atoms with van der Waals surface area (Å²) < 4.78 is 8.23. The third kappa shape index (κ3) is 4.74. The quantitative estimate of drug-likeness (QED) is 0.459. The van der Waals surface area contributed by atoms with E-state index in [2.05, 4.69) is 34.8 Å². The predicted molar refractivity (Wildman–Crippen MR) is 121 cm³/mol. The fourth-order valence-corrected chi connectivity index (χ4v) is 3.60. The van der Waals surface area contributed by atoms with E-state index in [1.165, 1.54) is 5.56 Å². The Morgan fingerprint density at radius 1 is 1.06 bits per heavy atom. The molecule has 4 rings (SSSR count). The number of fused-ring (bicyclic) bond motifs is 1. The molecule has 0 bridgehead atoms. The van der Waals surface area contributed by atoms with Crippen LogP contribution in [0.5, 0.6) is 5.75 Å². The molecule has 6 nitrogen and oxygen atoms in total. The van der Waals surface area contributed by atoms with Gasteiger partial charge in [0.25, 0.3) is 5.91 Å². The number of carbonyl (C=O) groups is 1. The summed E-state index contributed by atoms with van der Waals surface area (Å²) in [4.78, 5) is 21.2. The van der Waals surface area contributed by atoms with Crippen molar-refractivity contribution < 1.29 is 9.53 Å². The molecule has 0 spiro atoms. The van der Waals surface area contributed by atoms with Gasteiger partial charge in [-0.1, -0.05) is 44.2 Å². The lowest BCUT2D eigenvalue weighted by Gasteiger charge is -2.15. The molecular weight excluding hydrogens is 388 g/mol. The lowest BCUT2D eigenvalue weighted by atomic mass is 10.0. The van der Waals surface area contributed by atoms with E-state index in [4.69, 9.17) is 9.72 Å².